The molecule has 0 aliphatic heterocycles. The van der Waals surface area contributed by atoms with Crippen LogP contribution in [0.3, 0.4) is 0 Å². The normalized spacial score (nSPS) is 11.4. The molecule has 1 aromatic heterocycles. The van der Waals surface area contributed by atoms with Crippen molar-refractivity contribution in [1.82, 2.24) is 9.47 Å². The van der Waals surface area contributed by atoms with E-state index < -0.39 is 11.7 Å². The smallest absolute Gasteiger partial charge is 0.416 e. The second-order valence-electron chi connectivity index (χ2n) is 7.24. The topological polar surface area (TPSA) is 43.7 Å². The molecule has 3 aromatic rings. The lowest BCUT2D eigenvalue weighted by Gasteiger charge is -2.23. The van der Waals surface area contributed by atoms with Gasteiger partial charge in [-0.1, -0.05) is 30.3 Å². The van der Waals surface area contributed by atoms with Crippen molar-refractivity contribution in [2.45, 2.75) is 19.3 Å². The highest BCUT2D eigenvalue weighted by Gasteiger charge is 2.30. The average molecular weight is 446 g/mol. The van der Waals surface area contributed by atoms with Gasteiger partial charge >= 0.3 is 6.18 Å². The molecule has 2 aromatic carbocycles. The van der Waals surface area contributed by atoms with E-state index in [4.69, 9.17) is 9.47 Å². The average Bonchev–Trinajstić information content (AvgIpc) is 3.21. The summed E-state index contributed by atoms with van der Waals surface area (Å²) in [5.41, 5.74) is 0.643. The molecule has 0 atom stereocenters. The number of hydrogen-bond donors (Lipinski definition) is 0. The number of methoxy groups -OCH3 is 1. The molecule has 0 spiro atoms. The molecule has 3 rings (SSSR count). The van der Waals surface area contributed by atoms with Gasteiger partial charge in [0.1, 0.15) is 5.75 Å². The number of amides is 1. The van der Waals surface area contributed by atoms with Gasteiger partial charge in [-0.15, -0.1) is 0 Å². The third-order valence-electron chi connectivity index (χ3n) is 4.91. The second kappa shape index (κ2) is 10.9. The van der Waals surface area contributed by atoms with Gasteiger partial charge in [0.2, 0.25) is 0 Å². The minimum Gasteiger partial charge on any atom is -0.484 e. The number of carbonyl (C=O) groups excluding carboxylic acids is 1. The Hall–Kier alpha value is -3.26. The van der Waals surface area contributed by atoms with E-state index in [1.165, 1.54) is 6.07 Å². The third kappa shape index (κ3) is 6.62. The summed E-state index contributed by atoms with van der Waals surface area (Å²) in [5, 5.41) is 0. The van der Waals surface area contributed by atoms with Gasteiger partial charge in [-0.3, -0.25) is 4.79 Å². The first-order valence-electron chi connectivity index (χ1n) is 10.1. The molecule has 0 saturated carbocycles. The minimum absolute atomic E-state index is 0.123. The first-order chi connectivity index (χ1) is 15.4. The number of rotatable bonds is 10. The van der Waals surface area contributed by atoms with Crippen molar-refractivity contribution >= 4 is 5.91 Å². The molecule has 170 valence electrons. The van der Waals surface area contributed by atoms with E-state index in [-0.39, 0.29) is 25.6 Å². The minimum atomic E-state index is -4.39. The SMILES string of the molecule is COCCN(Cc1cccn1Cc1cccc(C(F)(F)F)c1)C(=O)COc1ccccc1. The summed E-state index contributed by atoms with van der Waals surface area (Å²) in [7, 11) is 1.56. The molecule has 0 radical (unpaired) electrons. The number of hydrogen-bond acceptors (Lipinski definition) is 3. The second-order valence-corrected chi connectivity index (χ2v) is 7.24. The Balaban J connectivity index is 1.70. The van der Waals surface area contributed by atoms with Crippen LogP contribution in [-0.2, 0) is 28.8 Å². The van der Waals surface area contributed by atoms with Crippen LogP contribution in [0.1, 0.15) is 16.8 Å². The Labute approximate surface area is 185 Å². The van der Waals surface area contributed by atoms with Crippen LogP contribution in [0.4, 0.5) is 13.2 Å². The Morgan fingerprint density at radius 1 is 1.03 bits per heavy atom. The lowest BCUT2D eigenvalue weighted by Crippen LogP contribution is -2.37. The van der Waals surface area contributed by atoms with Gasteiger partial charge in [0, 0.05) is 32.1 Å². The maximum atomic E-state index is 13.0. The maximum Gasteiger partial charge on any atom is 0.416 e. The lowest BCUT2D eigenvalue weighted by atomic mass is 10.1. The Kier molecular flexibility index (Phi) is 7.94. The van der Waals surface area contributed by atoms with E-state index in [1.807, 2.05) is 34.9 Å². The van der Waals surface area contributed by atoms with E-state index in [2.05, 4.69) is 0 Å². The number of nitrogens with zero attached hydrogens (tertiary/aromatic N) is 2. The molecule has 32 heavy (non-hydrogen) atoms. The zero-order chi connectivity index (χ0) is 23.0. The summed E-state index contributed by atoms with van der Waals surface area (Å²) in [4.78, 5) is 14.4. The molecule has 0 unspecified atom stereocenters. The molecule has 8 heteroatoms. The van der Waals surface area contributed by atoms with Crippen LogP contribution in [0, 0.1) is 0 Å². The molecule has 0 saturated heterocycles. The number of aromatic nitrogens is 1. The van der Waals surface area contributed by atoms with E-state index in [1.54, 1.807) is 36.4 Å². The predicted molar refractivity (Wildman–Crippen MR) is 114 cm³/mol. The number of halogens is 3. The monoisotopic (exact) mass is 446 g/mol. The molecule has 0 N–H and O–H groups in total. The Bertz CT molecular complexity index is 1000. The fourth-order valence-corrected chi connectivity index (χ4v) is 3.23. The molecule has 1 heterocycles. The predicted octanol–water partition coefficient (Wildman–Crippen LogP) is 4.61. The number of alkyl halides is 3. The van der Waals surface area contributed by atoms with Crippen molar-refractivity contribution < 1.29 is 27.4 Å². The zero-order valence-electron chi connectivity index (χ0n) is 17.7. The summed E-state index contributed by atoms with van der Waals surface area (Å²) in [6.45, 7) is 1.14. The first kappa shape index (κ1) is 23.4. The highest BCUT2D eigenvalue weighted by molar-refractivity contribution is 5.77. The highest BCUT2D eigenvalue weighted by atomic mass is 19.4. The molecule has 5 nitrogen and oxygen atoms in total. The summed E-state index contributed by atoms with van der Waals surface area (Å²) in [5.74, 6) is 0.387. The maximum absolute atomic E-state index is 13.0. The van der Waals surface area contributed by atoms with Gasteiger partial charge in [-0.2, -0.15) is 13.2 Å². The van der Waals surface area contributed by atoms with Gasteiger partial charge in [0.15, 0.2) is 6.61 Å². The lowest BCUT2D eigenvalue weighted by molar-refractivity contribution is -0.137. The van der Waals surface area contributed by atoms with Crippen LogP contribution in [0.25, 0.3) is 0 Å². The quantitative estimate of drug-likeness (QED) is 0.457. The van der Waals surface area contributed by atoms with Crippen LogP contribution in [0.2, 0.25) is 0 Å². The standard InChI is InChI=1S/C24H25F3N2O3/c1-31-14-13-29(23(30)18-32-22-10-3-2-4-11-22)17-21-9-6-12-28(21)16-19-7-5-8-20(15-19)24(25,26)27/h2-12,15H,13-14,16-18H2,1H3. The number of para-hydroxylation sites is 1. The van der Waals surface area contributed by atoms with Crippen molar-refractivity contribution in [1.29, 1.82) is 0 Å². The van der Waals surface area contributed by atoms with Gasteiger partial charge in [0.05, 0.1) is 18.7 Å². The van der Waals surface area contributed by atoms with Crippen LogP contribution in [0.15, 0.2) is 72.9 Å². The third-order valence-corrected chi connectivity index (χ3v) is 4.91. The van der Waals surface area contributed by atoms with Crippen molar-refractivity contribution in [2.75, 3.05) is 26.9 Å². The van der Waals surface area contributed by atoms with Crippen LogP contribution >= 0.6 is 0 Å². The van der Waals surface area contributed by atoms with Gasteiger partial charge in [0.25, 0.3) is 5.91 Å². The van der Waals surface area contributed by atoms with E-state index in [0.29, 0.717) is 24.5 Å². The molecular weight excluding hydrogens is 421 g/mol. The van der Waals surface area contributed by atoms with Gasteiger partial charge < -0.3 is 18.9 Å². The largest absolute Gasteiger partial charge is 0.484 e. The molecule has 0 fully saturated rings. The number of carbonyl (C=O) groups is 1. The van der Waals surface area contributed by atoms with E-state index in [9.17, 15) is 18.0 Å². The molecule has 0 bridgehead atoms. The van der Waals surface area contributed by atoms with Gasteiger partial charge in [-0.25, -0.2) is 0 Å². The summed E-state index contributed by atoms with van der Waals surface area (Å²) >= 11 is 0. The summed E-state index contributed by atoms with van der Waals surface area (Å²) in [6, 6.07) is 18.0. The van der Waals surface area contributed by atoms with Crippen LogP contribution < -0.4 is 4.74 Å². The van der Waals surface area contributed by atoms with Crippen molar-refractivity contribution in [3.05, 3.63) is 89.7 Å². The Morgan fingerprint density at radius 2 is 1.81 bits per heavy atom. The highest BCUT2D eigenvalue weighted by Crippen LogP contribution is 2.29. The molecule has 1 amide bonds. The first-order valence-corrected chi connectivity index (χ1v) is 10.1. The zero-order valence-corrected chi connectivity index (χ0v) is 17.7. The van der Waals surface area contributed by atoms with E-state index >= 15 is 0 Å². The van der Waals surface area contributed by atoms with Crippen molar-refractivity contribution in [2.24, 2.45) is 0 Å². The molecular formula is C24H25F3N2O3. The van der Waals surface area contributed by atoms with E-state index in [0.717, 1.165) is 17.8 Å². The van der Waals surface area contributed by atoms with Crippen molar-refractivity contribution in [3.8, 4) is 5.75 Å². The summed E-state index contributed by atoms with van der Waals surface area (Å²) < 4.78 is 51.6. The van der Waals surface area contributed by atoms with Crippen LogP contribution in [-0.4, -0.2) is 42.2 Å². The number of ether oxygens (including phenoxy) is 2. The summed E-state index contributed by atoms with van der Waals surface area (Å²) in [6.07, 6.45) is -2.60. The Morgan fingerprint density at radius 3 is 2.53 bits per heavy atom. The number of benzene rings is 2. The molecule has 0 aliphatic rings. The fraction of sp³-hybridized carbons (Fsp3) is 0.292. The van der Waals surface area contributed by atoms with Gasteiger partial charge in [-0.05, 0) is 42.0 Å². The van der Waals surface area contributed by atoms with Crippen LogP contribution in [0.5, 0.6) is 5.75 Å². The molecule has 0 aliphatic carbocycles. The van der Waals surface area contributed by atoms with Crippen molar-refractivity contribution in [3.63, 3.8) is 0 Å². The fourth-order valence-electron chi connectivity index (χ4n) is 3.23.